The monoisotopic (exact) mass is 516 g/mol. The van der Waals surface area contributed by atoms with Gasteiger partial charge in [0.05, 0.1) is 9.82 Å². The van der Waals surface area contributed by atoms with E-state index in [4.69, 9.17) is 0 Å². The SMILES string of the molecule is CC(C)c1ccccc1Sc1ccc(/C=C/C(=O)N2CCN(C(=O)c3ccccn3)CC2)cc1[N+](=O)[O-]. The van der Waals surface area contributed by atoms with Gasteiger partial charge in [0.2, 0.25) is 5.91 Å². The van der Waals surface area contributed by atoms with Crippen molar-refractivity contribution in [3.05, 3.63) is 99.9 Å². The van der Waals surface area contributed by atoms with Crippen LogP contribution in [-0.4, -0.2) is 57.7 Å². The maximum Gasteiger partial charge on any atom is 0.283 e. The Balaban J connectivity index is 1.41. The van der Waals surface area contributed by atoms with Crippen LogP contribution in [-0.2, 0) is 4.79 Å². The molecule has 0 aliphatic carbocycles. The lowest BCUT2D eigenvalue weighted by Gasteiger charge is -2.34. The van der Waals surface area contributed by atoms with Crippen LogP contribution in [0.2, 0.25) is 0 Å². The number of aromatic nitrogens is 1. The number of nitrogens with zero attached hydrogens (tertiary/aromatic N) is 4. The summed E-state index contributed by atoms with van der Waals surface area (Å²) < 4.78 is 0. The van der Waals surface area contributed by atoms with Gasteiger partial charge in [-0.1, -0.05) is 55.9 Å². The van der Waals surface area contributed by atoms with Crippen LogP contribution in [0.15, 0.2) is 82.7 Å². The molecule has 37 heavy (non-hydrogen) atoms. The average Bonchev–Trinajstić information content (AvgIpc) is 2.92. The molecule has 1 fully saturated rings. The third-order valence-corrected chi connectivity index (χ3v) is 7.28. The van der Waals surface area contributed by atoms with Crippen molar-refractivity contribution in [1.82, 2.24) is 14.8 Å². The normalized spacial score (nSPS) is 13.8. The van der Waals surface area contributed by atoms with E-state index >= 15 is 0 Å². The molecule has 3 aromatic rings. The van der Waals surface area contributed by atoms with Crippen LogP contribution in [0.1, 0.15) is 41.4 Å². The van der Waals surface area contributed by atoms with Gasteiger partial charge in [-0.2, -0.15) is 0 Å². The summed E-state index contributed by atoms with van der Waals surface area (Å²) >= 11 is 1.38. The standard InChI is InChI=1S/C28H28N4O4S/c1-20(2)22-7-3-4-9-25(22)37-26-12-10-21(19-24(26)32(35)36)11-13-27(33)30-15-17-31(18-16-30)28(34)23-8-5-6-14-29-23/h3-14,19-20H,15-18H2,1-2H3/b13-11+. The Labute approximate surface area is 220 Å². The molecule has 4 rings (SSSR count). The van der Waals surface area contributed by atoms with Crippen molar-refractivity contribution in [2.45, 2.75) is 29.6 Å². The molecule has 0 atom stereocenters. The molecule has 1 aliphatic heterocycles. The van der Waals surface area contributed by atoms with Crippen molar-refractivity contribution in [3.63, 3.8) is 0 Å². The first-order chi connectivity index (χ1) is 17.8. The van der Waals surface area contributed by atoms with E-state index in [-0.39, 0.29) is 17.5 Å². The highest BCUT2D eigenvalue weighted by Gasteiger charge is 2.24. The minimum atomic E-state index is -0.392. The minimum Gasteiger partial charge on any atom is -0.336 e. The number of amides is 2. The predicted octanol–water partition coefficient (Wildman–Crippen LogP) is 5.26. The molecule has 0 radical (unpaired) electrons. The molecule has 0 bridgehead atoms. The molecule has 2 amide bonds. The highest BCUT2D eigenvalue weighted by atomic mass is 32.2. The molecule has 2 heterocycles. The lowest BCUT2D eigenvalue weighted by atomic mass is 10.0. The van der Waals surface area contributed by atoms with Gasteiger partial charge in [0, 0.05) is 49.4 Å². The quantitative estimate of drug-likeness (QED) is 0.241. The van der Waals surface area contributed by atoms with E-state index in [1.165, 1.54) is 23.9 Å². The molecule has 2 aromatic carbocycles. The largest absolute Gasteiger partial charge is 0.336 e. The molecule has 1 saturated heterocycles. The lowest BCUT2D eigenvalue weighted by molar-refractivity contribution is -0.387. The summed E-state index contributed by atoms with van der Waals surface area (Å²) in [6.45, 7) is 5.85. The van der Waals surface area contributed by atoms with Crippen molar-refractivity contribution in [3.8, 4) is 0 Å². The Kier molecular flexibility index (Phi) is 8.35. The van der Waals surface area contributed by atoms with Gasteiger partial charge in [0.1, 0.15) is 5.69 Å². The topological polar surface area (TPSA) is 96.7 Å². The van der Waals surface area contributed by atoms with E-state index in [2.05, 4.69) is 18.8 Å². The number of carbonyl (C=O) groups excluding carboxylic acids is 2. The Morgan fingerprint density at radius 3 is 2.35 bits per heavy atom. The number of benzene rings is 2. The van der Waals surface area contributed by atoms with Gasteiger partial charge in [-0.05, 0) is 47.4 Å². The maximum atomic E-state index is 12.7. The first-order valence-corrected chi connectivity index (χ1v) is 12.9. The Morgan fingerprint density at radius 2 is 1.68 bits per heavy atom. The highest BCUT2D eigenvalue weighted by Crippen LogP contribution is 2.39. The number of rotatable bonds is 7. The molecule has 0 N–H and O–H groups in total. The Bertz CT molecular complexity index is 1320. The van der Waals surface area contributed by atoms with E-state index in [0.717, 1.165) is 10.5 Å². The average molecular weight is 517 g/mol. The second-order valence-electron chi connectivity index (χ2n) is 8.94. The number of pyridine rings is 1. The molecule has 0 saturated carbocycles. The predicted molar refractivity (Wildman–Crippen MR) is 144 cm³/mol. The van der Waals surface area contributed by atoms with E-state index in [0.29, 0.717) is 48.2 Å². The van der Waals surface area contributed by atoms with Crippen LogP contribution < -0.4 is 0 Å². The van der Waals surface area contributed by atoms with Crippen LogP contribution in [0, 0.1) is 10.1 Å². The summed E-state index contributed by atoms with van der Waals surface area (Å²) in [6, 6.07) is 18.1. The van der Waals surface area contributed by atoms with Crippen LogP contribution in [0.3, 0.4) is 0 Å². The fourth-order valence-electron chi connectivity index (χ4n) is 4.09. The Morgan fingerprint density at radius 1 is 0.973 bits per heavy atom. The zero-order valence-corrected chi connectivity index (χ0v) is 21.6. The summed E-state index contributed by atoms with van der Waals surface area (Å²) in [6.07, 6.45) is 4.60. The summed E-state index contributed by atoms with van der Waals surface area (Å²) in [5.41, 5.74) is 2.10. The number of nitro groups is 1. The van der Waals surface area contributed by atoms with Gasteiger partial charge in [0.25, 0.3) is 11.6 Å². The van der Waals surface area contributed by atoms with Gasteiger partial charge < -0.3 is 9.80 Å². The highest BCUT2D eigenvalue weighted by molar-refractivity contribution is 7.99. The van der Waals surface area contributed by atoms with Crippen molar-refractivity contribution < 1.29 is 14.5 Å². The third kappa shape index (κ3) is 6.42. The number of hydrogen-bond donors (Lipinski definition) is 0. The molecular formula is C28H28N4O4S. The minimum absolute atomic E-state index is 0.000179. The summed E-state index contributed by atoms with van der Waals surface area (Å²) in [5.74, 6) is -0.0487. The fraction of sp³-hybridized carbons (Fsp3) is 0.250. The first-order valence-electron chi connectivity index (χ1n) is 12.1. The van der Waals surface area contributed by atoms with Crippen LogP contribution in [0.5, 0.6) is 0 Å². The van der Waals surface area contributed by atoms with Crippen LogP contribution in [0.4, 0.5) is 5.69 Å². The second-order valence-corrected chi connectivity index (χ2v) is 10.0. The third-order valence-electron chi connectivity index (χ3n) is 6.12. The first kappa shape index (κ1) is 26.1. The summed E-state index contributed by atoms with van der Waals surface area (Å²) in [4.78, 5) is 45.7. The van der Waals surface area contributed by atoms with Gasteiger partial charge in [-0.15, -0.1) is 0 Å². The smallest absolute Gasteiger partial charge is 0.283 e. The molecule has 1 aromatic heterocycles. The maximum absolute atomic E-state index is 12.7. The van der Waals surface area contributed by atoms with Gasteiger partial charge in [-0.25, -0.2) is 0 Å². The second kappa shape index (κ2) is 11.8. The number of piperazine rings is 1. The molecule has 9 heteroatoms. The van der Waals surface area contributed by atoms with Crippen molar-refractivity contribution >= 4 is 35.3 Å². The van der Waals surface area contributed by atoms with Gasteiger partial charge in [0.15, 0.2) is 0 Å². The zero-order valence-electron chi connectivity index (χ0n) is 20.7. The van der Waals surface area contributed by atoms with Crippen molar-refractivity contribution in [1.29, 1.82) is 0 Å². The number of nitro benzene ring substituents is 1. The van der Waals surface area contributed by atoms with Gasteiger partial charge in [-0.3, -0.25) is 24.7 Å². The summed E-state index contributed by atoms with van der Waals surface area (Å²) in [7, 11) is 0. The van der Waals surface area contributed by atoms with E-state index in [9.17, 15) is 19.7 Å². The molecular weight excluding hydrogens is 488 g/mol. The molecule has 1 aliphatic rings. The van der Waals surface area contributed by atoms with Crippen molar-refractivity contribution in [2.75, 3.05) is 26.2 Å². The van der Waals surface area contributed by atoms with E-state index < -0.39 is 4.92 Å². The number of carbonyl (C=O) groups is 2. The van der Waals surface area contributed by atoms with Gasteiger partial charge >= 0.3 is 0 Å². The lowest BCUT2D eigenvalue weighted by Crippen LogP contribution is -2.50. The summed E-state index contributed by atoms with van der Waals surface area (Å²) in [5, 5.41) is 11.8. The number of hydrogen-bond acceptors (Lipinski definition) is 6. The van der Waals surface area contributed by atoms with Crippen LogP contribution in [0.25, 0.3) is 6.08 Å². The molecule has 8 nitrogen and oxygen atoms in total. The van der Waals surface area contributed by atoms with E-state index in [1.54, 1.807) is 52.4 Å². The Hall–Kier alpha value is -3.98. The molecule has 0 spiro atoms. The fourth-order valence-corrected chi connectivity index (χ4v) is 5.27. The van der Waals surface area contributed by atoms with Crippen LogP contribution >= 0.6 is 11.8 Å². The zero-order chi connectivity index (χ0) is 26.4. The van der Waals surface area contributed by atoms with E-state index in [1.807, 2.05) is 24.3 Å². The molecule has 190 valence electrons. The molecule has 0 unspecified atom stereocenters. The van der Waals surface area contributed by atoms with Crippen molar-refractivity contribution in [2.24, 2.45) is 0 Å².